The maximum Gasteiger partial charge on any atom is 0.264 e. The summed E-state index contributed by atoms with van der Waals surface area (Å²) in [5.74, 6) is 0.469. The minimum absolute atomic E-state index is 0.00361. The van der Waals surface area contributed by atoms with Gasteiger partial charge in [0.05, 0.1) is 11.8 Å². The molecule has 0 bridgehead atoms. The standard InChI is InChI=1S/C13H15N3O2/c17-11-3-1-2-10-12(11)13(18)16(8-15-10)7-9-4-5-14-6-9/h1-3,8-9,14,17H,4-7H2. The summed E-state index contributed by atoms with van der Waals surface area (Å²) >= 11 is 0. The number of fused-ring (bicyclic) bond motifs is 1. The van der Waals surface area contributed by atoms with Gasteiger partial charge in [-0.1, -0.05) is 6.07 Å². The first kappa shape index (κ1) is 11.2. The number of benzene rings is 1. The highest BCUT2D eigenvalue weighted by molar-refractivity contribution is 5.83. The van der Waals surface area contributed by atoms with E-state index in [-0.39, 0.29) is 11.3 Å². The van der Waals surface area contributed by atoms with Gasteiger partial charge in [-0.3, -0.25) is 9.36 Å². The first-order valence-corrected chi connectivity index (χ1v) is 6.13. The molecule has 0 spiro atoms. The van der Waals surface area contributed by atoms with Gasteiger partial charge in [0.2, 0.25) is 0 Å². The number of rotatable bonds is 2. The largest absolute Gasteiger partial charge is 0.507 e. The molecule has 5 heteroatoms. The summed E-state index contributed by atoms with van der Waals surface area (Å²) in [5.41, 5.74) is 0.380. The van der Waals surface area contributed by atoms with Crippen molar-refractivity contribution >= 4 is 10.9 Å². The van der Waals surface area contributed by atoms with E-state index in [1.54, 1.807) is 23.0 Å². The van der Waals surface area contributed by atoms with Crippen LogP contribution in [0.3, 0.4) is 0 Å². The summed E-state index contributed by atoms with van der Waals surface area (Å²) < 4.78 is 1.60. The molecular formula is C13H15N3O2. The Hall–Kier alpha value is -1.88. The molecule has 1 saturated heterocycles. The number of nitrogens with one attached hydrogen (secondary N) is 1. The molecule has 3 rings (SSSR count). The Kier molecular flexibility index (Phi) is 2.76. The van der Waals surface area contributed by atoms with Gasteiger partial charge in [0.15, 0.2) is 0 Å². The fourth-order valence-corrected chi connectivity index (χ4v) is 2.46. The first-order chi connectivity index (χ1) is 8.75. The van der Waals surface area contributed by atoms with Crippen molar-refractivity contribution < 1.29 is 5.11 Å². The van der Waals surface area contributed by atoms with Gasteiger partial charge in [-0.05, 0) is 37.6 Å². The van der Waals surface area contributed by atoms with Crippen LogP contribution in [-0.4, -0.2) is 27.7 Å². The van der Waals surface area contributed by atoms with Crippen LogP contribution in [0.2, 0.25) is 0 Å². The van der Waals surface area contributed by atoms with Gasteiger partial charge in [0.25, 0.3) is 5.56 Å². The summed E-state index contributed by atoms with van der Waals surface area (Å²) in [6.45, 7) is 2.60. The van der Waals surface area contributed by atoms with Gasteiger partial charge < -0.3 is 10.4 Å². The summed E-state index contributed by atoms with van der Waals surface area (Å²) in [6, 6.07) is 4.94. The van der Waals surface area contributed by atoms with Crippen molar-refractivity contribution in [1.82, 2.24) is 14.9 Å². The number of hydrogen-bond donors (Lipinski definition) is 2. The van der Waals surface area contributed by atoms with Gasteiger partial charge in [0.1, 0.15) is 11.1 Å². The van der Waals surface area contributed by atoms with Crippen LogP contribution in [0.15, 0.2) is 29.3 Å². The molecule has 18 heavy (non-hydrogen) atoms. The van der Waals surface area contributed by atoms with Crippen LogP contribution >= 0.6 is 0 Å². The minimum Gasteiger partial charge on any atom is -0.507 e. The number of phenolic OH excluding ortho intramolecular Hbond substituents is 1. The number of phenols is 1. The Morgan fingerprint density at radius 2 is 2.39 bits per heavy atom. The second kappa shape index (κ2) is 4.42. The van der Waals surface area contributed by atoms with E-state index in [2.05, 4.69) is 10.3 Å². The Morgan fingerprint density at radius 3 is 3.17 bits per heavy atom. The van der Waals surface area contributed by atoms with E-state index in [9.17, 15) is 9.90 Å². The topological polar surface area (TPSA) is 67.1 Å². The lowest BCUT2D eigenvalue weighted by molar-refractivity contribution is 0.464. The number of nitrogens with zero attached hydrogens (tertiary/aromatic N) is 2. The summed E-state index contributed by atoms with van der Waals surface area (Å²) in [5, 5.41) is 13.4. The molecule has 0 amide bonds. The van der Waals surface area contributed by atoms with Crippen LogP contribution in [-0.2, 0) is 6.54 Å². The van der Waals surface area contributed by atoms with E-state index >= 15 is 0 Å². The summed E-state index contributed by atoms with van der Waals surface area (Å²) in [7, 11) is 0. The van der Waals surface area contributed by atoms with Crippen LogP contribution < -0.4 is 10.9 Å². The second-order valence-electron chi connectivity index (χ2n) is 4.73. The lowest BCUT2D eigenvalue weighted by Gasteiger charge is -2.11. The average molecular weight is 245 g/mol. The lowest BCUT2D eigenvalue weighted by atomic mass is 10.1. The molecule has 2 aromatic rings. The number of aromatic nitrogens is 2. The zero-order valence-electron chi connectivity index (χ0n) is 9.97. The quantitative estimate of drug-likeness (QED) is 0.817. The molecular weight excluding hydrogens is 230 g/mol. The third kappa shape index (κ3) is 1.86. The van der Waals surface area contributed by atoms with E-state index in [0.717, 1.165) is 19.5 Å². The highest BCUT2D eigenvalue weighted by Gasteiger charge is 2.16. The van der Waals surface area contributed by atoms with Gasteiger partial charge in [0, 0.05) is 6.54 Å². The summed E-state index contributed by atoms with van der Waals surface area (Å²) in [6.07, 6.45) is 2.65. The highest BCUT2D eigenvalue weighted by atomic mass is 16.3. The normalized spacial score (nSPS) is 19.4. The van der Waals surface area contributed by atoms with Crippen molar-refractivity contribution in [3.05, 3.63) is 34.9 Å². The van der Waals surface area contributed by atoms with Crippen molar-refractivity contribution in [1.29, 1.82) is 0 Å². The molecule has 2 N–H and O–H groups in total. The molecule has 2 heterocycles. The van der Waals surface area contributed by atoms with E-state index in [1.165, 1.54) is 6.07 Å². The van der Waals surface area contributed by atoms with Crippen LogP contribution in [0.5, 0.6) is 5.75 Å². The van der Waals surface area contributed by atoms with Crippen molar-refractivity contribution in [2.45, 2.75) is 13.0 Å². The van der Waals surface area contributed by atoms with Gasteiger partial charge in [-0.25, -0.2) is 4.98 Å². The zero-order chi connectivity index (χ0) is 12.5. The Balaban J connectivity index is 2.05. The van der Waals surface area contributed by atoms with Crippen LogP contribution in [0.1, 0.15) is 6.42 Å². The highest BCUT2D eigenvalue weighted by Crippen LogP contribution is 2.19. The minimum atomic E-state index is -0.162. The fourth-order valence-electron chi connectivity index (χ4n) is 2.46. The molecule has 0 aliphatic carbocycles. The molecule has 1 unspecified atom stereocenters. The van der Waals surface area contributed by atoms with Crippen molar-refractivity contribution in [3.8, 4) is 5.75 Å². The Bertz CT molecular complexity index is 630. The summed E-state index contributed by atoms with van der Waals surface area (Å²) in [4.78, 5) is 16.5. The Morgan fingerprint density at radius 1 is 1.50 bits per heavy atom. The van der Waals surface area contributed by atoms with E-state index in [0.29, 0.717) is 23.4 Å². The number of aromatic hydroxyl groups is 1. The molecule has 1 aromatic carbocycles. The smallest absolute Gasteiger partial charge is 0.264 e. The predicted molar refractivity (Wildman–Crippen MR) is 68.6 cm³/mol. The van der Waals surface area contributed by atoms with E-state index in [4.69, 9.17) is 0 Å². The zero-order valence-corrected chi connectivity index (χ0v) is 9.97. The van der Waals surface area contributed by atoms with Crippen molar-refractivity contribution in [3.63, 3.8) is 0 Å². The monoisotopic (exact) mass is 245 g/mol. The van der Waals surface area contributed by atoms with Crippen molar-refractivity contribution in [2.75, 3.05) is 13.1 Å². The molecule has 1 aromatic heterocycles. The van der Waals surface area contributed by atoms with Gasteiger partial charge >= 0.3 is 0 Å². The van der Waals surface area contributed by atoms with Gasteiger partial charge in [-0.15, -0.1) is 0 Å². The average Bonchev–Trinajstić information content (AvgIpc) is 2.86. The predicted octanol–water partition coefficient (Wildman–Crippen LogP) is 0.712. The number of hydrogen-bond acceptors (Lipinski definition) is 4. The van der Waals surface area contributed by atoms with Crippen LogP contribution in [0.4, 0.5) is 0 Å². The fraction of sp³-hybridized carbons (Fsp3) is 0.385. The van der Waals surface area contributed by atoms with Crippen LogP contribution in [0, 0.1) is 5.92 Å². The van der Waals surface area contributed by atoms with Gasteiger partial charge in [-0.2, -0.15) is 0 Å². The Labute approximate surface area is 104 Å². The molecule has 0 radical (unpaired) electrons. The first-order valence-electron chi connectivity index (χ1n) is 6.13. The molecule has 1 aliphatic heterocycles. The van der Waals surface area contributed by atoms with Crippen molar-refractivity contribution in [2.24, 2.45) is 5.92 Å². The molecule has 1 atom stereocenters. The molecule has 1 aliphatic rings. The third-order valence-electron chi connectivity index (χ3n) is 3.45. The molecule has 0 saturated carbocycles. The third-order valence-corrected chi connectivity index (χ3v) is 3.45. The lowest BCUT2D eigenvalue weighted by Crippen LogP contribution is -2.25. The molecule has 1 fully saturated rings. The maximum atomic E-state index is 12.3. The SMILES string of the molecule is O=c1c2c(O)cccc2ncn1CC1CCNC1. The van der Waals surface area contributed by atoms with E-state index < -0.39 is 0 Å². The van der Waals surface area contributed by atoms with Crippen LogP contribution in [0.25, 0.3) is 10.9 Å². The van der Waals surface area contributed by atoms with E-state index in [1.807, 2.05) is 0 Å². The maximum absolute atomic E-state index is 12.3. The second-order valence-corrected chi connectivity index (χ2v) is 4.73. The molecule has 94 valence electrons. The molecule has 5 nitrogen and oxygen atoms in total.